The maximum atomic E-state index is 12.5. The van der Waals surface area contributed by atoms with Gasteiger partial charge in [0.1, 0.15) is 12.7 Å². The Bertz CT molecular complexity index is 863. The predicted octanol–water partition coefficient (Wildman–Crippen LogP) is 9.05. The monoisotopic (exact) mass is 704 g/mol. The highest BCUT2D eigenvalue weighted by Crippen LogP contribution is 2.43. The van der Waals surface area contributed by atoms with Gasteiger partial charge in [0.15, 0.2) is 6.10 Å². The molecule has 0 rings (SSSR count). The summed E-state index contributed by atoms with van der Waals surface area (Å²) >= 11 is 0. The minimum atomic E-state index is -4.60. The summed E-state index contributed by atoms with van der Waals surface area (Å²) in [4.78, 5) is 34.6. The van der Waals surface area contributed by atoms with E-state index in [2.05, 4.69) is 42.7 Å². The van der Waals surface area contributed by atoms with Crippen molar-refractivity contribution in [3.05, 3.63) is 24.3 Å². The summed E-state index contributed by atoms with van der Waals surface area (Å²) in [6.45, 7) is 2.29. The molecule has 48 heavy (non-hydrogen) atoms. The second-order valence-electron chi connectivity index (χ2n) is 12.6. The van der Waals surface area contributed by atoms with E-state index in [4.69, 9.17) is 19.1 Å². The highest BCUT2D eigenvalue weighted by atomic mass is 31.2. The fourth-order valence-corrected chi connectivity index (χ4v) is 5.69. The van der Waals surface area contributed by atoms with E-state index < -0.39 is 51.8 Å². The number of aliphatic hydroxyl groups excluding tert-OH is 2. The number of aliphatic hydroxyl groups is 2. The number of rotatable bonds is 35. The number of ether oxygens (including phenoxy) is 2. The molecule has 0 spiro atoms. The largest absolute Gasteiger partial charge is 0.472 e. The number of hydrogen-bond acceptors (Lipinski definition) is 9. The first-order chi connectivity index (χ1) is 23.2. The van der Waals surface area contributed by atoms with E-state index in [9.17, 15) is 24.2 Å². The lowest BCUT2D eigenvalue weighted by molar-refractivity contribution is -0.161. The van der Waals surface area contributed by atoms with Crippen molar-refractivity contribution in [1.82, 2.24) is 0 Å². The summed E-state index contributed by atoms with van der Waals surface area (Å²) in [5.74, 6) is -0.940. The number of carbonyl (C=O) groups is 2. The van der Waals surface area contributed by atoms with E-state index in [0.717, 1.165) is 57.8 Å². The van der Waals surface area contributed by atoms with Gasteiger partial charge in [-0.25, -0.2) is 4.57 Å². The Morgan fingerprint density at radius 1 is 0.625 bits per heavy atom. The number of unbranched alkanes of at least 4 members (excludes halogenated alkanes) is 17. The third kappa shape index (κ3) is 33.0. The van der Waals surface area contributed by atoms with Crippen molar-refractivity contribution in [2.45, 2.75) is 174 Å². The summed E-state index contributed by atoms with van der Waals surface area (Å²) in [6.07, 6.45) is 30.3. The minimum Gasteiger partial charge on any atom is -0.462 e. The van der Waals surface area contributed by atoms with Crippen LogP contribution in [0.5, 0.6) is 0 Å². The van der Waals surface area contributed by atoms with E-state index in [1.165, 1.54) is 64.2 Å². The van der Waals surface area contributed by atoms with Gasteiger partial charge < -0.3 is 24.6 Å². The molecular formula is C37H69O10P. The molecular weight excluding hydrogens is 635 g/mol. The van der Waals surface area contributed by atoms with E-state index in [-0.39, 0.29) is 19.4 Å². The summed E-state index contributed by atoms with van der Waals surface area (Å²) in [7, 11) is -4.60. The fraction of sp³-hybridized carbons (Fsp3) is 0.838. The third-order valence-corrected chi connectivity index (χ3v) is 8.81. The van der Waals surface area contributed by atoms with E-state index in [0.29, 0.717) is 12.8 Å². The average Bonchev–Trinajstić information content (AvgIpc) is 3.07. The van der Waals surface area contributed by atoms with Crippen LogP contribution in [0.3, 0.4) is 0 Å². The van der Waals surface area contributed by atoms with Gasteiger partial charge in [-0.05, 0) is 44.9 Å². The lowest BCUT2D eigenvalue weighted by Crippen LogP contribution is -2.29. The fourth-order valence-electron chi connectivity index (χ4n) is 4.90. The van der Waals surface area contributed by atoms with Crippen molar-refractivity contribution in [2.75, 3.05) is 26.4 Å². The van der Waals surface area contributed by atoms with Gasteiger partial charge in [-0.3, -0.25) is 18.6 Å². The molecule has 0 aliphatic carbocycles. The molecule has 3 N–H and O–H groups in total. The van der Waals surface area contributed by atoms with Crippen LogP contribution in [-0.2, 0) is 32.7 Å². The molecule has 0 fully saturated rings. The first-order valence-corrected chi connectivity index (χ1v) is 20.3. The molecule has 282 valence electrons. The standard InChI is InChI=1S/C37H69O10P/c1-3-5-7-9-11-12-13-14-15-16-17-18-19-20-21-23-25-27-29-37(41)47-35(33-46-48(42,43)45-31-34(39)30-38)32-44-36(40)28-26-24-22-10-8-6-4-2/h12-13,15-16,34-35,38-39H,3-11,14,17-33H2,1-2H3,(H,42,43)/b13-12-,16-15-. The number of allylic oxidation sites excluding steroid dienone is 4. The van der Waals surface area contributed by atoms with E-state index in [1.54, 1.807) is 0 Å². The molecule has 0 amide bonds. The van der Waals surface area contributed by atoms with Crippen molar-refractivity contribution in [1.29, 1.82) is 0 Å². The molecule has 0 heterocycles. The lowest BCUT2D eigenvalue weighted by atomic mass is 10.1. The smallest absolute Gasteiger partial charge is 0.462 e. The Morgan fingerprint density at radius 2 is 1.08 bits per heavy atom. The number of hydrogen-bond donors (Lipinski definition) is 3. The molecule has 10 nitrogen and oxygen atoms in total. The van der Waals surface area contributed by atoms with Gasteiger partial charge in [-0.1, -0.05) is 128 Å². The van der Waals surface area contributed by atoms with Gasteiger partial charge in [-0.15, -0.1) is 0 Å². The predicted molar refractivity (Wildman–Crippen MR) is 191 cm³/mol. The highest BCUT2D eigenvalue weighted by Gasteiger charge is 2.27. The molecule has 0 aliphatic rings. The second kappa shape index (κ2) is 33.9. The van der Waals surface area contributed by atoms with Gasteiger partial charge >= 0.3 is 19.8 Å². The van der Waals surface area contributed by atoms with Crippen molar-refractivity contribution < 1.29 is 47.8 Å². The zero-order chi connectivity index (χ0) is 35.6. The summed E-state index contributed by atoms with van der Waals surface area (Å²) in [6, 6.07) is 0. The highest BCUT2D eigenvalue weighted by molar-refractivity contribution is 7.47. The zero-order valence-corrected chi connectivity index (χ0v) is 31.1. The van der Waals surface area contributed by atoms with Gasteiger partial charge in [0.2, 0.25) is 0 Å². The molecule has 0 aromatic rings. The number of phosphoric acid groups is 1. The molecule has 3 unspecified atom stereocenters. The van der Waals surface area contributed by atoms with Crippen LogP contribution in [0.4, 0.5) is 0 Å². The molecule has 0 aromatic heterocycles. The lowest BCUT2D eigenvalue weighted by Gasteiger charge is -2.20. The number of phosphoric ester groups is 1. The molecule has 11 heteroatoms. The summed E-state index contributed by atoms with van der Waals surface area (Å²) in [5.41, 5.74) is 0. The Kier molecular flexibility index (Phi) is 32.8. The summed E-state index contributed by atoms with van der Waals surface area (Å²) < 4.78 is 32.4. The molecule has 0 bridgehead atoms. The Labute approximate surface area is 291 Å². The van der Waals surface area contributed by atoms with Crippen LogP contribution in [0, 0.1) is 0 Å². The topological polar surface area (TPSA) is 149 Å². The van der Waals surface area contributed by atoms with Crippen LogP contribution in [0.25, 0.3) is 0 Å². The molecule has 0 radical (unpaired) electrons. The average molecular weight is 705 g/mol. The van der Waals surface area contributed by atoms with Crippen molar-refractivity contribution in [3.8, 4) is 0 Å². The van der Waals surface area contributed by atoms with Crippen molar-refractivity contribution >= 4 is 19.8 Å². The van der Waals surface area contributed by atoms with Crippen LogP contribution in [0.2, 0.25) is 0 Å². The SMILES string of the molecule is CCCCCC/C=C\C/C=C\CCCCCCCCCC(=O)OC(COC(=O)CCCCCCCCC)COP(=O)(O)OCC(O)CO. The second-order valence-corrected chi connectivity index (χ2v) is 14.1. The van der Waals surface area contributed by atoms with Crippen LogP contribution in [0.1, 0.15) is 162 Å². The number of carbonyl (C=O) groups excluding carboxylic acids is 2. The van der Waals surface area contributed by atoms with Crippen molar-refractivity contribution in [2.24, 2.45) is 0 Å². The first kappa shape index (κ1) is 46.5. The normalized spacial score (nSPS) is 14.4. The minimum absolute atomic E-state index is 0.177. The van der Waals surface area contributed by atoms with Crippen LogP contribution in [-0.4, -0.2) is 65.7 Å². The summed E-state index contributed by atoms with van der Waals surface area (Å²) in [5, 5.41) is 18.2. The van der Waals surface area contributed by atoms with Gasteiger partial charge in [-0.2, -0.15) is 0 Å². The third-order valence-electron chi connectivity index (χ3n) is 7.86. The van der Waals surface area contributed by atoms with Gasteiger partial charge in [0.25, 0.3) is 0 Å². The van der Waals surface area contributed by atoms with Crippen LogP contribution >= 0.6 is 7.82 Å². The van der Waals surface area contributed by atoms with E-state index >= 15 is 0 Å². The molecule has 0 saturated heterocycles. The maximum Gasteiger partial charge on any atom is 0.472 e. The number of esters is 2. The Morgan fingerprint density at radius 3 is 1.62 bits per heavy atom. The Balaban J connectivity index is 4.29. The van der Waals surface area contributed by atoms with Gasteiger partial charge in [0.05, 0.1) is 19.8 Å². The van der Waals surface area contributed by atoms with E-state index in [1.807, 2.05) is 0 Å². The quantitative estimate of drug-likeness (QED) is 0.0252. The molecule has 3 atom stereocenters. The molecule has 0 aromatic carbocycles. The first-order valence-electron chi connectivity index (χ1n) is 18.8. The Hall–Kier alpha value is -1.55. The zero-order valence-electron chi connectivity index (χ0n) is 30.2. The van der Waals surface area contributed by atoms with Crippen LogP contribution in [0.15, 0.2) is 24.3 Å². The molecule has 0 aliphatic heterocycles. The van der Waals surface area contributed by atoms with Crippen molar-refractivity contribution in [3.63, 3.8) is 0 Å². The van der Waals surface area contributed by atoms with Crippen LogP contribution < -0.4 is 0 Å². The van der Waals surface area contributed by atoms with Gasteiger partial charge in [0, 0.05) is 12.8 Å². The maximum absolute atomic E-state index is 12.5. The molecule has 0 saturated carbocycles.